The predicted molar refractivity (Wildman–Crippen MR) is 56.2 cm³/mol. The lowest BCUT2D eigenvalue weighted by Gasteiger charge is -1.90. The maximum atomic E-state index is 3.12. The van der Waals surface area contributed by atoms with E-state index in [0.717, 1.165) is 5.57 Å². The molecule has 1 aliphatic carbocycles. The number of benzene rings is 1. The molecule has 1 aliphatic rings. The van der Waals surface area contributed by atoms with Crippen LogP contribution >= 0.6 is 0 Å². The van der Waals surface area contributed by atoms with Gasteiger partial charge in [0.15, 0.2) is 0 Å². The molecule has 0 nitrogen and oxygen atoms in total. The smallest absolute Gasteiger partial charge is 0.0165 e. The van der Waals surface area contributed by atoms with E-state index in [2.05, 4.69) is 30.0 Å². The van der Waals surface area contributed by atoms with E-state index in [1.165, 1.54) is 5.56 Å². The molecule has 0 atom stereocenters. The zero-order valence-corrected chi connectivity index (χ0v) is 7.27. The number of allylic oxidation sites excluding steroid dienone is 4. The standard InChI is InChI=1S/C13H10/c1-2-6-12(7-3-1)10-11-13-8-4-5-9-13/h1-8,10-11H/b11-10+. The van der Waals surface area contributed by atoms with Gasteiger partial charge in [0.05, 0.1) is 0 Å². The molecule has 2 rings (SSSR count). The summed E-state index contributed by atoms with van der Waals surface area (Å²) in [4.78, 5) is 0. The lowest BCUT2D eigenvalue weighted by Crippen LogP contribution is -1.69. The zero-order valence-electron chi connectivity index (χ0n) is 7.27. The average molecular weight is 166 g/mol. The Bertz CT molecular complexity index is 399. The molecule has 0 bridgehead atoms. The van der Waals surface area contributed by atoms with Gasteiger partial charge >= 0.3 is 0 Å². The van der Waals surface area contributed by atoms with Gasteiger partial charge < -0.3 is 0 Å². The van der Waals surface area contributed by atoms with Gasteiger partial charge in [-0.1, -0.05) is 42.5 Å². The Hall–Kier alpha value is -1.78. The Morgan fingerprint density at radius 2 is 1.85 bits per heavy atom. The first-order chi connectivity index (χ1) is 6.45. The number of hydrogen-bond donors (Lipinski definition) is 0. The van der Waals surface area contributed by atoms with Gasteiger partial charge in [-0.15, -0.1) is 5.73 Å². The van der Waals surface area contributed by atoms with Gasteiger partial charge in [0, 0.05) is 5.57 Å². The van der Waals surface area contributed by atoms with E-state index in [4.69, 9.17) is 0 Å². The zero-order chi connectivity index (χ0) is 8.93. The lowest BCUT2D eigenvalue weighted by atomic mass is 10.2. The molecule has 1 aromatic rings. The van der Waals surface area contributed by atoms with Crippen LogP contribution in [0.5, 0.6) is 0 Å². The summed E-state index contributed by atoms with van der Waals surface area (Å²) in [5.41, 5.74) is 5.47. The molecule has 0 N–H and O–H groups in total. The first-order valence-electron chi connectivity index (χ1n) is 4.32. The third kappa shape index (κ3) is 2.08. The summed E-state index contributed by atoms with van der Waals surface area (Å²) in [5, 5.41) is 0. The molecule has 0 aliphatic heterocycles. The van der Waals surface area contributed by atoms with Crippen molar-refractivity contribution < 1.29 is 0 Å². The van der Waals surface area contributed by atoms with Gasteiger partial charge in [0.25, 0.3) is 0 Å². The average Bonchev–Trinajstić information content (AvgIpc) is 2.69. The molecule has 0 saturated carbocycles. The third-order valence-electron chi connectivity index (χ3n) is 1.88. The fourth-order valence-corrected chi connectivity index (χ4v) is 1.20. The van der Waals surface area contributed by atoms with Crippen molar-refractivity contribution in [1.29, 1.82) is 0 Å². The monoisotopic (exact) mass is 166 g/mol. The lowest BCUT2D eigenvalue weighted by molar-refractivity contribution is 1.65. The normalized spacial score (nSPS) is 14.0. The molecule has 13 heavy (non-hydrogen) atoms. The maximum absolute atomic E-state index is 3.12. The number of rotatable bonds is 2. The minimum absolute atomic E-state index is 1.13. The molecule has 0 saturated heterocycles. The highest BCUT2D eigenvalue weighted by molar-refractivity contribution is 5.55. The van der Waals surface area contributed by atoms with E-state index in [-0.39, 0.29) is 0 Å². The van der Waals surface area contributed by atoms with Crippen molar-refractivity contribution in [3.05, 3.63) is 71.5 Å². The molecule has 0 fully saturated rings. The molecule has 0 spiro atoms. The maximum Gasteiger partial charge on any atom is 0.0165 e. The molecule has 62 valence electrons. The Morgan fingerprint density at radius 3 is 2.54 bits per heavy atom. The van der Waals surface area contributed by atoms with Crippen molar-refractivity contribution in [1.82, 2.24) is 0 Å². The summed E-state index contributed by atoms with van der Waals surface area (Å²) in [6.07, 6.45) is 10.1. The fourth-order valence-electron chi connectivity index (χ4n) is 1.20. The minimum Gasteiger partial charge on any atom is -0.113 e. The van der Waals surface area contributed by atoms with E-state index < -0.39 is 0 Å². The van der Waals surface area contributed by atoms with Crippen molar-refractivity contribution in [2.75, 3.05) is 0 Å². The topological polar surface area (TPSA) is 0 Å². The van der Waals surface area contributed by atoms with Crippen molar-refractivity contribution in [2.24, 2.45) is 0 Å². The van der Waals surface area contributed by atoms with Crippen LogP contribution in [0, 0.1) is 0 Å². The Morgan fingerprint density at radius 1 is 1.00 bits per heavy atom. The Kier molecular flexibility index (Phi) is 2.26. The highest BCUT2D eigenvalue weighted by atomic mass is 13.9. The van der Waals surface area contributed by atoms with E-state index in [1.807, 2.05) is 36.4 Å². The largest absolute Gasteiger partial charge is 0.113 e. The van der Waals surface area contributed by atoms with Crippen LogP contribution in [-0.4, -0.2) is 0 Å². The van der Waals surface area contributed by atoms with Crippen molar-refractivity contribution in [3.63, 3.8) is 0 Å². The third-order valence-corrected chi connectivity index (χ3v) is 1.88. The van der Waals surface area contributed by atoms with Gasteiger partial charge in [-0.3, -0.25) is 0 Å². The second-order valence-corrected chi connectivity index (χ2v) is 2.87. The van der Waals surface area contributed by atoms with Crippen LogP contribution in [0.4, 0.5) is 0 Å². The van der Waals surface area contributed by atoms with Crippen LogP contribution in [0.2, 0.25) is 0 Å². The molecule has 0 aromatic heterocycles. The molecule has 0 unspecified atom stereocenters. The second kappa shape index (κ2) is 3.75. The molecule has 0 amide bonds. The summed E-state index contributed by atoms with van der Waals surface area (Å²) < 4.78 is 0. The van der Waals surface area contributed by atoms with Crippen LogP contribution in [-0.2, 0) is 0 Å². The van der Waals surface area contributed by atoms with E-state index in [1.54, 1.807) is 0 Å². The van der Waals surface area contributed by atoms with E-state index in [9.17, 15) is 0 Å². The summed E-state index contributed by atoms with van der Waals surface area (Å²) in [6.45, 7) is 0. The first-order valence-corrected chi connectivity index (χ1v) is 4.32. The SMILES string of the molecule is C1=CC=CC=1/C=C/c1ccccc1. The van der Waals surface area contributed by atoms with Crippen molar-refractivity contribution >= 4 is 6.08 Å². The molecule has 0 radical (unpaired) electrons. The Balaban J connectivity index is 2.15. The molecular weight excluding hydrogens is 156 g/mol. The van der Waals surface area contributed by atoms with Crippen molar-refractivity contribution in [2.45, 2.75) is 0 Å². The number of hydrogen-bond acceptors (Lipinski definition) is 0. The van der Waals surface area contributed by atoms with Gasteiger partial charge in [-0.2, -0.15) is 0 Å². The summed E-state index contributed by atoms with van der Waals surface area (Å²) in [6, 6.07) is 10.3. The highest BCUT2D eigenvalue weighted by Crippen LogP contribution is 2.07. The quantitative estimate of drug-likeness (QED) is 0.591. The molecule has 0 heteroatoms. The van der Waals surface area contributed by atoms with Gasteiger partial charge in [-0.25, -0.2) is 0 Å². The van der Waals surface area contributed by atoms with Crippen molar-refractivity contribution in [3.8, 4) is 0 Å². The summed E-state index contributed by atoms with van der Waals surface area (Å²) >= 11 is 0. The predicted octanol–water partition coefficient (Wildman–Crippen LogP) is 3.35. The van der Waals surface area contributed by atoms with E-state index >= 15 is 0 Å². The highest BCUT2D eigenvalue weighted by Gasteiger charge is 1.87. The molecule has 0 heterocycles. The first kappa shape index (κ1) is 7.85. The van der Waals surface area contributed by atoms with Gasteiger partial charge in [0.1, 0.15) is 0 Å². The van der Waals surface area contributed by atoms with Crippen LogP contribution in [0.25, 0.3) is 6.08 Å². The second-order valence-electron chi connectivity index (χ2n) is 2.87. The molecular formula is C13H10. The summed E-state index contributed by atoms with van der Waals surface area (Å²) in [5.74, 6) is 0. The van der Waals surface area contributed by atoms with Gasteiger partial charge in [0.2, 0.25) is 0 Å². The minimum atomic E-state index is 1.13. The van der Waals surface area contributed by atoms with Crippen LogP contribution in [0.1, 0.15) is 5.56 Å². The van der Waals surface area contributed by atoms with Gasteiger partial charge in [-0.05, 0) is 23.8 Å². The molecule has 1 aromatic carbocycles. The summed E-state index contributed by atoms with van der Waals surface area (Å²) in [7, 11) is 0. The van der Waals surface area contributed by atoms with Crippen LogP contribution < -0.4 is 0 Å². The van der Waals surface area contributed by atoms with Crippen LogP contribution in [0.15, 0.2) is 65.9 Å². The van der Waals surface area contributed by atoms with E-state index in [0.29, 0.717) is 0 Å². The fraction of sp³-hybridized carbons (Fsp3) is 0. The Labute approximate surface area is 78.2 Å². The van der Waals surface area contributed by atoms with Crippen LogP contribution in [0.3, 0.4) is 0 Å².